The lowest BCUT2D eigenvalue weighted by molar-refractivity contribution is -0.138. The van der Waals surface area contributed by atoms with Crippen LogP contribution in [-0.4, -0.2) is 63.3 Å². The number of aromatic nitrogens is 4. The number of alkyl halides is 3. The summed E-state index contributed by atoms with van der Waals surface area (Å²) in [6, 6.07) is 15.5. The van der Waals surface area contributed by atoms with E-state index in [0.29, 0.717) is 39.5 Å². The van der Waals surface area contributed by atoms with E-state index in [9.17, 15) is 23.2 Å². The maximum absolute atomic E-state index is 14.5. The van der Waals surface area contributed by atoms with Crippen LogP contribution in [0, 0.1) is 22.7 Å². The van der Waals surface area contributed by atoms with Gasteiger partial charge in [-0.1, -0.05) is 0 Å². The second-order valence-electron chi connectivity index (χ2n) is 12.1. The summed E-state index contributed by atoms with van der Waals surface area (Å²) in [6.07, 6.45) is -1.18. The Balaban J connectivity index is 1.40. The van der Waals surface area contributed by atoms with Crippen LogP contribution in [-0.2, 0) is 26.3 Å². The Morgan fingerprint density at radius 2 is 1.81 bits per heavy atom. The molecular formula is C34H33F3N10O. The summed E-state index contributed by atoms with van der Waals surface area (Å²) in [5.74, 6) is 0.363. The van der Waals surface area contributed by atoms with Gasteiger partial charge in [-0.05, 0) is 97.7 Å². The minimum Gasteiger partial charge on any atom is -0.369 e. The molecule has 4 aromatic rings. The first-order valence-corrected chi connectivity index (χ1v) is 15.5. The first kappa shape index (κ1) is 32.6. The van der Waals surface area contributed by atoms with Crippen LogP contribution in [0.15, 0.2) is 48.8 Å². The fraction of sp³-hybridized carbons (Fsp3) is 0.353. The normalized spacial score (nSPS) is 15.3. The fourth-order valence-electron chi connectivity index (χ4n) is 6.20. The minimum atomic E-state index is -4.67. The molecule has 0 saturated carbocycles. The first-order valence-electron chi connectivity index (χ1n) is 15.5. The quantitative estimate of drug-likeness (QED) is 0.236. The highest BCUT2D eigenvalue weighted by molar-refractivity contribution is 6.10. The second-order valence-corrected chi connectivity index (χ2v) is 12.1. The maximum atomic E-state index is 14.5. The molecule has 2 aromatic carbocycles. The van der Waals surface area contributed by atoms with Crippen LogP contribution in [0.3, 0.4) is 0 Å². The van der Waals surface area contributed by atoms with E-state index in [0.717, 1.165) is 32.0 Å². The number of nitriles is 2. The molecule has 1 fully saturated rings. The molecule has 0 spiro atoms. The summed E-state index contributed by atoms with van der Waals surface area (Å²) >= 11 is 0. The number of piperidine rings is 1. The van der Waals surface area contributed by atoms with Gasteiger partial charge in [-0.15, -0.1) is 10.2 Å². The summed E-state index contributed by atoms with van der Waals surface area (Å²) in [6.45, 7) is 1.94. The molecule has 1 saturated heterocycles. The monoisotopic (exact) mass is 654 g/mol. The van der Waals surface area contributed by atoms with Crippen LogP contribution >= 0.6 is 0 Å². The van der Waals surface area contributed by atoms with E-state index in [1.807, 2.05) is 7.05 Å². The van der Waals surface area contributed by atoms with Crippen LogP contribution in [0.2, 0.25) is 0 Å². The van der Waals surface area contributed by atoms with Crippen molar-refractivity contribution in [2.45, 2.75) is 44.6 Å². The Hall–Kier alpha value is -5.31. The van der Waals surface area contributed by atoms with Crippen molar-refractivity contribution in [1.82, 2.24) is 30.0 Å². The predicted molar refractivity (Wildman–Crippen MR) is 172 cm³/mol. The van der Waals surface area contributed by atoms with Gasteiger partial charge < -0.3 is 20.1 Å². The molecule has 0 aliphatic carbocycles. The van der Waals surface area contributed by atoms with Crippen molar-refractivity contribution in [2.75, 3.05) is 36.9 Å². The van der Waals surface area contributed by atoms with Gasteiger partial charge in [-0.2, -0.15) is 23.7 Å². The number of hydrogen-bond donors (Lipinski definition) is 2. The van der Waals surface area contributed by atoms with Crippen molar-refractivity contribution >= 4 is 17.5 Å². The van der Waals surface area contributed by atoms with Crippen LogP contribution in [0.4, 0.5) is 24.8 Å². The number of pyridine rings is 1. The molecule has 1 amide bonds. The van der Waals surface area contributed by atoms with Crippen molar-refractivity contribution in [3.8, 4) is 34.7 Å². The SMILES string of the molecule is CN1CCC(NCc2cc3c(c(C(F)(F)F)c2)CN(c2cc(-c4cc(C#N)ccc4-c4nncn4C)cc(NCCC#N)n2)C3=O)CC1. The lowest BCUT2D eigenvalue weighted by Gasteiger charge is -2.29. The molecule has 2 aliphatic heterocycles. The van der Waals surface area contributed by atoms with E-state index in [1.54, 1.807) is 54.3 Å². The summed E-state index contributed by atoms with van der Waals surface area (Å²) in [7, 11) is 3.82. The molecule has 0 unspecified atom stereocenters. The number of anilines is 2. The van der Waals surface area contributed by atoms with Gasteiger partial charge in [-0.25, -0.2) is 4.98 Å². The van der Waals surface area contributed by atoms with Gasteiger partial charge in [0.15, 0.2) is 5.82 Å². The number of benzene rings is 2. The summed E-state index contributed by atoms with van der Waals surface area (Å²) in [5.41, 5.74) is 1.57. The molecule has 4 heterocycles. The van der Waals surface area contributed by atoms with E-state index in [-0.39, 0.29) is 49.0 Å². The molecule has 246 valence electrons. The van der Waals surface area contributed by atoms with Crippen molar-refractivity contribution in [2.24, 2.45) is 7.05 Å². The molecule has 2 N–H and O–H groups in total. The number of likely N-dealkylation sites (tertiary alicyclic amines) is 1. The number of hydrogen-bond acceptors (Lipinski definition) is 9. The third-order valence-corrected chi connectivity index (χ3v) is 8.76. The summed E-state index contributed by atoms with van der Waals surface area (Å²) < 4.78 is 45.1. The zero-order valence-electron chi connectivity index (χ0n) is 26.5. The fourth-order valence-corrected chi connectivity index (χ4v) is 6.20. The lowest BCUT2D eigenvalue weighted by Crippen LogP contribution is -2.40. The number of fused-ring (bicyclic) bond motifs is 1. The molecule has 0 bridgehead atoms. The number of carbonyl (C=O) groups excluding carboxylic acids is 1. The van der Waals surface area contributed by atoms with Crippen LogP contribution in [0.25, 0.3) is 22.5 Å². The van der Waals surface area contributed by atoms with Gasteiger partial charge >= 0.3 is 6.18 Å². The zero-order chi connectivity index (χ0) is 34.0. The highest BCUT2D eigenvalue weighted by Crippen LogP contribution is 2.41. The molecule has 2 aromatic heterocycles. The number of amides is 1. The molecule has 6 rings (SSSR count). The highest BCUT2D eigenvalue weighted by Gasteiger charge is 2.41. The maximum Gasteiger partial charge on any atom is 0.416 e. The Labute approximate surface area is 275 Å². The van der Waals surface area contributed by atoms with Gasteiger partial charge in [0.25, 0.3) is 5.91 Å². The van der Waals surface area contributed by atoms with Crippen LogP contribution in [0.5, 0.6) is 0 Å². The van der Waals surface area contributed by atoms with E-state index in [1.165, 1.54) is 4.90 Å². The van der Waals surface area contributed by atoms with Crippen molar-refractivity contribution < 1.29 is 18.0 Å². The van der Waals surface area contributed by atoms with Crippen molar-refractivity contribution in [3.63, 3.8) is 0 Å². The number of carbonyl (C=O) groups is 1. The topological polar surface area (TPSA) is 139 Å². The standard InChI is InChI=1S/C34H33F3N10O/c1-45-10-6-24(7-11-45)41-18-22-13-27-28(29(14-22)34(35,36)37)19-47(33(27)48)31-16-23(15-30(43-31)40-9-3-8-38)26-12-21(17-39)4-5-25(26)32-44-42-20-46(32)2/h4-5,12-16,20,24,41H,3,6-7,9-11,18-19H2,1-2H3,(H,40,43). The zero-order valence-corrected chi connectivity index (χ0v) is 26.5. The van der Waals surface area contributed by atoms with Crippen LogP contribution in [0.1, 0.15) is 51.9 Å². The van der Waals surface area contributed by atoms with Crippen molar-refractivity contribution in [1.29, 1.82) is 10.5 Å². The van der Waals surface area contributed by atoms with Crippen molar-refractivity contribution in [3.05, 3.63) is 76.6 Å². The smallest absolute Gasteiger partial charge is 0.369 e. The average molecular weight is 655 g/mol. The Morgan fingerprint density at radius 1 is 1.02 bits per heavy atom. The molecule has 0 atom stereocenters. The third-order valence-electron chi connectivity index (χ3n) is 8.76. The minimum absolute atomic E-state index is 0.0116. The first-order chi connectivity index (χ1) is 23.0. The summed E-state index contributed by atoms with van der Waals surface area (Å²) in [4.78, 5) is 22.0. The lowest BCUT2D eigenvalue weighted by atomic mass is 9.97. The number of halogens is 3. The molecule has 11 nitrogen and oxygen atoms in total. The number of nitrogens with one attached hydrogen (secondary N) is 2. The largest absolute Gasteiger partial charge is 0.416 e. The van der Waals surface area contributed by atoms with E-state index in [4.69, 9.17) is 5.26 Å². The summed E-state index contributed by atoms with van der Waals surface area (Å²) in [5, 5.41) is 33.4. The molecule has 14 heteroatoms. The predicted octanol–water partition coefficient (Wildman–Crippen LogP) is 5.10. The third kappa shape index (κ3) is 6.72. The number of nitrogens with zero attached hydrogens (tertiary/aromatic N) is 8. The highest BCUT2D eigenvalue weighted by atomic mass is 19.4. The van der Waals surface area contributed by atoms with Gasteiger partial charge in [-0.3, -0.25) is 9.69 Å². The number of aryl methyl sites for hydroxylation is 1. The van der Waals surface area contributed by atoms with E-state index >= 15 is 0 Å². The average Bonchev–Trinajstić information content (AvgIpc) is 3.65. The molecule has 2 aliphatic rings. The Bertz CT molecular complexity index is 1930. The van der Waals surface area contributed by atoms with E-state index < -0.39 is 17.6 Å². The van der Waals surface area contributed by atoms with Gasteiger partial charge in [0.1, 0.15) is 18.0 Å². The molecule has 0 radical (unpaired) electrons. The van der Waals surface area contributed by atoms with Gasteiger partial charge in [0.05, 0.1) is 36.2 Å². The Kier molecular flexibility index (Phi) is 9.13. The second kappa shape index (κ2) is 13.4. The van der Waals surface area contributed by atoms with E-state index in [2.05, 4.69) is 42.9 Å². The van der Waals surface area contributed by atoms with Gasteiger partial charge in [0.2, 0.25) is 0 Å². The Morgan fingerprint density at radius 3 is 2.50 bits per heavy atom. The molecule has 48 heavy (non-hydrogen) atoms. The van der Waals surface area contributed by atoms with Gasteiger partial charge in [0, 0.05) is 37.3 Å². The number of rotatable bonds is 9. The van der Waals surface area contributed by atoms with Crippen LogP contribution < -0.4 is 15.5 Å². The molecular weight excluding hydrogens is 621 g/mol.